The van der Waals surface area contributed by atoms with Gasteiger partial charge in [-0.05, 0) is 19.4 Å². The standard InChI is InChI=1S/C9H12ClN3O2/c1-3-15-8(14)5-13-7(11)4-6(2)9(10)12-13/h4,11H,3,5H2,1-2H3/p+1. The predicted octanol–water partition coefficient (Wildman–Crippen LogP) is 0.476. The van der Waals surface area contributed by atoms with Crippen LogP contribution in [0.2, 0.25) is 5.15 Å². The molecule has 5 nitrogen and oxygen atoms in total. The third kappa shape index (κ3) is 3.06. The van der Waals surface area contributed by atoms with E-state index in [0.717, 1.165) is 5.56 Å². The fourth-order valence-electron chi connectivity index (χ4n) is 1.05. The number of nitrogen functional groups attached to an aromatic ring is 1. The molecule has 0 saturated heterocycles. The van der Waals surface area contributed by atoms with Gasteiger partial charge in [0, 0.05) is 6.07 Å². The Morgan fingerprint density at radius 3 is 3.00 bits per heavy atom. The van der Waals surface area contributed by atoms with E-state index in [1.54, 1.807) is 19.9 Å². The molecule has 0 bridgehead atoms. The molecule has 6 heteroatoms. The summed E-state index contributed by atoms with van der Waals surface area (Å²) in [5, 5.41) is 4.28. The van der Waals surface area contributed by atoms with Crippen molar-refractivity contribution < 1.29 is 14.2 Å². The van der Waals surface area contributed by atoms with Gasteiger partial charge in [-0.25, -0.2) is 4.79 Å². The third-order valence-corrected chi connectivity index (χ3v) is 2.15. The van der Waals surface area contributed by atoms with Crippen LogP contribution in [-0.4, -0.2) is 17.7 Å². The zero-order chi connectivity index (χ0) is 11.4. The summed E-state index contributed by atoms with van der Waals surface area (Å²) < 4.78 is 6.09. The maximum absolute atomic E-state index is 11.2. The Kier molecular flexibility index (Phi) is 3.85. The second-order valence-corrected chi connectivity index (χ2v) is 3.36. The van der Waals surface area contributed by atoms with Crippen molar-refractivity contribution in [2.45, 2.75) is 20.4 Å². The molecule has 82 valence electrons. The number of aryl methyl sites for hydroxylation is 1. The van der Waals surface area contributed by atoms with Crippen molar-refractivity contribution >= 4 is 23.4 Å². The molecular formula is C9H13ClN3O2+. The van der Waals surface area contributed by atoms with Crippen LogP contribution >= 0.6 is 11.6 Å². The zero-order valence-electron chi connectivity index (χ0n) is 8.66. The Bertz CT molecular complexity index is 382. The lowest BCUT2D eigenvalue weighted by Gasteiger charge is -2.03. The number of anilines is 1. The highest BCUT2D eigenvalue weighted by Crippen LogP contribution is 2.10. The van der Waals surface area contributed by atoms with Crippen LogP contribution in [0.1, 0.15) is 12.5 Å². The van der Waals surface area contributed by atoms with E-state index < -0.39 is 0 Å². The van der Waals surface area contributed by atoms with E-state index in [1.807, 2.05) is 0 Å². The number of halogens is 1. The minimum Gasteiger partial charge on any atom is -0.463 e. The molecule has 0 unspecified atom stereocenters. The lowest BCUT2D eigenvalue weighted by atomic mass is 10.3. The molecular weight excluding hydrogens is 218 g/mol. The molecule has 0 aliphatic carbocycles. The first-order chi connectivity index (χ1) is 7.04. The molecule has 1 rings (SSSR count). The summed E-state index contributed by atoms with van der Waals surface area (Å²) in [7, 11) is 0. The van der Waals surface area contributed by atoms with Gasteiger partial charge >= 0.3 is 5.97 Å². The largest absolute Gasteiger partial charge is 0.463 e. The van der Waals surface area contributed by atoms with Crippen LogP contribution in [0.25, 0.3) is 0 Å². The summed E-state index contributed by atoms with van der Waals surface area (Å²) in [6.45, 7) is 3.83. The molecule has 15 heavy (non-hydrogen) atoms. The van der Waals surface area contributed by atoms with Crippen LogP contribution in [0.3, 0.4) is 0 Å². The van der Waals surface area contributed by atoms with E-state index in [4.69, 9.17) is 22.1 Å². The van der Waals surface area contributed by atoms with Crippen LogP contribution in [0.5, 0.6) is 0 Å². The van der Waals surface area contributed by atoms with Crippen molar-refractivity contribution in [3.05, 3.63) is 16.8 Å². The number of esters is 1. The predicted molar refractivity (Wildman–Crippen MR) is 55.2 cm³/mol. The molecule has 0 spiro atoms. The molecule has 0 atom stereocenters. The Balaban J connectivity index is 2.86. The quantitative estimate of drug-likeness (QED) is 0.606. The maximum Gasteiger partial charge on any atom is 0.350 e. The molecule has 0 radical (unpaired) electrons. The van der Waals surface area contributed by atoms with Gasteiger partial charge in [-0.1, -0.05) is 16.7 Å². The van der Waals surface area contributed by atoms with Crippen LogP contribution in [0, 0.1) is 6.92 Å². The number of hydrogen-bond donors (Lipinski definition) is 1. The SMILES string of the molecule is CCOC(=O)C[n+]1nc(Cl)c(C)cc1N. The van der Waals surface area contributed by atoms with Crippen molar-refractivity contribution in [1.29, 1.82) is 0 Å². The highest BCUT2D eigenvalue weighted by molar-refractivity contribution is 6.30. The molecule has 1 aromatic rings. The minimum atomic E-state index is -0.387. The Hall–Kier alpha value is -1.36. The van der Waals surface area contributed by atoms with E-state index in [-0.39, 0.29) is 12.5 Å². The summed E-state index contributed by atoms with van der Waals surface area (Å²) in [5.74, 6) is -0.00780. The van der Waals surface area contributed by atoms with Gasteiger partial charge in [0.25, 0.3) is 5.82 Å². The average molecular weight is 231 g/mol. The summed E-state index contributed by atoms with van der Waals surface area (Å²) >= 11 is 5.81. The Morgan fingerprint density at radius 1 is 1.73 bits per heavy atom. The highest BCUT2D eigenvalue weighted by atomic mass is 35.5. The summed E-state index contributed by atoms with van der Waals surface area (Å²) in [6.07, 6.45) is 0. The molecule has 0 aliphatic rings. The fraction of sp³-hybridized carbons (Fsp3) is 0.444. The number of hydrogen-bond acceptors (Lipinski definition) is 4. The van der Waals surface area contributed by atoms with Gasteiger partial charge in [0.15, 0.2) is 5.15 Å². The van der Waals surface area contributed by atoms with E-state index in [9.17, 15) is 4.79 Å². The second kappa shape index (κ2) is 4.93. The molecule has 0 fully saturated rings. The average Bonchev–Trinajstić information content (AvgIpc) is 2.14. The van der Waals surface area contributed by atoms with Crippen LogP contribution in [0.15, 0.2) is 6.07 Å². The molecule has 0 aromatic carbocycles. The first-order valence-electron chi connectivity index (χ1n) is 4.53. The first-order valence-corrected chi connectivity index (χ1v) is 4.90. The van der Waals surface area contributed by atoms with Crippen molar-refractivity contribution in [3.63, 3.8) is 0 Å². The third-order valence-electron chi connectivity index (χ3n) is 1.78. The summed E-state index contributed by atoms with van der Waals surface area (Å²) in [6, 6.07) is 1.66. The van der Waals surface area contributed by atoms with E-state index >= 15 is 0 Å². The zero-order valence-corrected chi connectivity index (χ0v) is 9.41. The monoisotopic (exact) mass is 230 g/mol. The molecule has 0 aliphatic heterocycles. The Labute approximate surface area is 92.8 Å². The first kappa shape index (κ1) is 11.7. The smallest absolute Gasteiger partial charge is 0.350 e. The van der Waals surface area contributed by atoms with Gasteiger partial charge in [-0.15, -0.1) is 4.68 Å². The number of nitrogens with two attached hydrogens (primary N) is 1. The van der Waals surface area contributed by atoms with Crippen molar-refractivity contribution in [2.75, 3.05) is 12.3 Å². The second-order valence-electron chi connectivity index (χ2n) is 3.01. The number of rotatable bonds is 3. The molecule has 2 N–H and O–H groups in total. The normalized spacial score (nSPS) is 10.1. The number of carbonyl (C=O) groups is 1. The fourth-order valence-corrected chi connectivity index (χ4v) is 1.20. The van der Waals surface area contributed by atoms with Crippen LogP contribution in [0.4, 0.5) is 5.82 Å². The van der Waals surface area contributed by atoms with E-state index in [0.29, 0.717) is 17.6 Å². The van der Waals surface area contributed by atoms with Crippen molar-refractivity contribution in [2.24, 2.45) is 0 Å². The van der Waals surface area contributed by atoms with Gasteiger partial charge in [0.05, 0.1) is 6.61 Å². The van der Waals surface area contributed by atoms with E-state index in [2.05, 4.69) is 5.10 Å². The number of nitrogens with zero attached hydrogens (tertiary/aromatic N) is 2. The van der Waals surface area contributed by atoms with Crippen molar-refractivity contribution in [1.82, 2.24) is 5.10 Å². The molecule has 0 saturated carbocycles. The van der Waals surface area contributed by atoms with Gasteiger partial charge in [0.1, 0.15) is 0 Å². The van der Waals surface area contributed by atoms with Crippen molar-refractivity contribution in [3.8, 4) is 0 Å². The Morgan fingerprint density at radius 2 is 2.40 bits per heavy atom. The van der Waals surface area contributed by atoms with Gasteiger partial charge in [-0.2, -0.15) is 0 Å². The summed E-state index contributed by atoms with van der Waals surface area (Å²) in [4.78, 5) is 11.2. The molecule has 1 aromatic heterocycles. The van der Waals surface area contributed by atoms with Gasteiger partial charge in [-0.3, -0.25) is 5.73 Å². The maximum atomic E-state index is 11.2. The number of aromatic nitrogens is 2. The van der Waals surface area contributed by atoms with Crippen LogP contribution < -0.4 is 10.4 Å². The van der Waals surface area contributed by atoms with Gasteiger partial charge < -0.3 is 4.74 Å². The number of ether oxygens (including phenoxy) is 1. The lowest BCUT2D eigenvalue weighted by Crippen LogP contribution is -2.45. The highest BCUT2D eigenvalue weighted by Gasteiger charge is 2.14. The molecule has 0 amide bonds. The van der Waals surface area contributed by atoms with Gasteiger partial charge in [0.2, 0.25) is 6.54 Å². The van der Waals surface area contributed by atoms with E-state index in [1.165, 1.54) is 4.68 Å². The van der Waals surface area contributed by atoms with Crippen LogP contribution in [-0.2, 0) is 16.1 Å². The topological polar surface area (TPSA) is 69.1 Å². The minimum absolute atomic E-state index is 0.0281. The molecule has 1 heterocycles. The lowest BCUT2D eigenvalue weighted by molar-refractivity contribution is -0.729. The number of carbonyl (C=O) groups excluding carboxylic acids is 1. The summed E-state index contributed by atoms with van der Waals surface area (Å²) in [5.41, 5.74) is 6.44.